The molecule has 3 aliphatic rings. The zero-order valence-electron chi connectivity index (χ0n) is 13.4. The van der Waals surface area contributed by atoms with Crippen molar-refractivity contribution in [1.82, 2.24) is 5.32 Å². The van der Waals surface area contributed by atoms with E-state index in [-0.39, 0.29) is 36.1 Å². The number of hydrogen-bond acceptors (Lipinski definition) is 3. The van der Waals surface area contributed by atoms with Gasteiger partial charge in [-0.2, -0.15) is 13.2 Å². The lowest BCUT2D eigenvalue weighted by Crippen LogP contribution is -2.50. The molecule has 1 aliphatic heterocycles. The summed E-state index contributed by atoms with van der Waals surface area (Å²) in [6.07, 6.45) is -0.743. The number of halogens is 3. The number of carbonyl (C=O) groups is 1. The van der Waals surface area contributed by atoms with Crippen LogP contribution in [0.25, 0.3) is 0 Å². The molecule has 0 bridgehead atoms. The van der Waals surface area contributed by atoms with E-state index in [0.29, 0.717) is 18.8 Å². The number of primary amides is 1. The largest absolute Gasteiger partial charge is 0.417 e. The van der Waals surface area contributed by atoms with Crippen molar-refractivity contribution in [3.05, 3.63) is 0 Å². The third-order valence-corrected chi connectivity index (χ3v) is 6.43. The van der Waals surface area contributed by atoms with Gasteiger partial charge in [0.1, 0.15) is 0 Å². The number of alkyl halides is 3. The number of methoxy groups -OCH3 is 1. The minimum atomic E-state index is -4.31. The van der Waals surface area contributed by atoms with Crippen LogP contribution in [0.1, 0.15) is 44.9 Å². The lowest BCUT2D eigenvalue weighted by Gasteiger charge is -2.41. The van der Waals surface area contributed by atoms with E-state index in [1.165, 1.54) is 0 Å². The molecule has 3 atom stereocenters. The molecule has 3 fully saturated rings. The molecule has 3 N–H and O–H groups in total. The Balaban J connectivity index is 1.61. The van der Waals surface area contributed by atoms with E-state index in [2.05, 4.69) is 5.32 Å². The first-order valence-electron chi connectivity index (χ1n) is 8.39. The molecule has 0 aromatic carbocycles. The van der Waals surface area contributed by atoms with Gasteiger partial charge in [-0.3, -0.25) is 4.79 Å². The van der Waals surface area contributed by atoms with Crippen molar-refractivity contribution in [3.63, 3.8) is 0 Å². The van der Waals surface area contributed by atoms with Crippen molar-refractivity contribution < 1.29 is 22.7 Å². The van der Waals surface area contributed by atoms with Crippen LogP contribution in [0.4, 0.5) is 13.2 Å². The van der Waals surface area contributed by atoms with Crippen LogP contribution in [-0.4, -0.2) is 36.9 Å². The highest BCUT2D eigenvalue weighted by Crippen LogP contribution is 2.58. The molecule has 1 heterocycles. The standard InChI is InChI=1S/C16H25F3N2O2/c1-23-15(16(17,18)19)5-2-10(3-6-15)12-9-14(12)8-11(13(20)22)4-7-21-14/h10-12,21H,2-9H2,1H3,(H2,20,22). The van der Waals surface area contributed by atoms with Crippen LogP contribution in [-0.2, 0) is 9.53 Å². The zero-order valence-corrected chi connectivity index (χ0v) is 13.4. The average molecular weight is 334 g/mol. The average Bonchev–Trinajstić information content (AvgIpc) is 3.19. The Bertz CT molecular complexity index is 474. The van der Waals surface area contributed by atoms with Crippen molar-refractivity contribution in [3.8, 4) is 0 Å². The first kappa shape index (κ1) is 17.0. The van der Waals surface area contributed by atoms with Crippen molar-refractivity contribution >= 4 is 5.91 Å². The van der Waals surface area contributed by atoms with Crippen LogP contribution in [0.2, 0.25) is 0 Å². The third kappa shape index (κ3) is 2.86. The van der Waals surface area contributed by atoms with Gasteiger partial charge in [-0.25, -0.2) is 0 Å². The van der Waals surface area contributed by atoms with Crippen molar-refractivity contribution in [2.75, 3.05) is 13.7 Å². The highest BCUT2D eigenvalue weighted by molar-refractivity contribution is 5.77. The highest BCUT2D eigenvalue weighted by Gasteiger charge is 2.62. The maximum Gasteiger partial charge on any atom is 0.417 e. The number of nitrogens with two attached hydrogens (primary N) is 1. The smallest absolute Gasteiger partial charge is 0.369 e. The molecule has 4 nitrogen and oxygen atoms in total. The van der Waals surface area contributed by atoms with Crippen molar-refractivity contribution in [2.24, 2.45) is 23.5 Å². The Morgan fingerprint density at radius 3 is 2.39 bits per heavy atom. The molecular formula is C16H25F3N2O2. The molecule has 1 saturated heterocycles. The minimum Gasteiger partial charge on any atom is -0.369 e. The normalized spacial score (nSPS) is 44.3. The predicted molar refractivity (Wildman–Crippen MR) is 78.5 cm³/mol. The Morgan fingerprint density at radius 1 is 1.22 bits per heavy atom. The summed E-state index contributed by atoms with van der Waals surface area (Å²) in [5.74, 6) is 0.293. The molecule has 132 valence electrons. The lowest BCUT2D eigenvalue weighted by molar-refractivity contribution is -0.282. The molecule has 1 spiro atoms. The van der Waals surface area contributed by atoms with Crippen molar-refractivity contribution in [2.45, 2.75) is 62.3 Å². The van der Waals surface area contributed by atoms with E-state index >= 15 is 0 Å². The van der Waals surface area contributed by atoms with Crippen LogP contribution in [0.15, 0.2) is 0 Å². The van der Waals surface area contributed by atoms with E-state index in [0.717, 1.165) is 32.9 Å². The zero-order chi connectivity index (χ0) is 16.9. The SMILES string of the molecule is COC1(C(F)(F)F)CCC(C2CC23CC(C(N)=O)CCN3)CC1. The Morgan fingerprint density at radius 2 is 1.87 bits per heavy atom. The fourth-order valence-corrected chi connectivity index (χ4v) is 4.85. The Labute approximate surface area is 134 Å². The number of ether oxygens (including phenoxy) is 1. The quantitative estimate of drug-likeness (QED) is 0.833. The van der Waals surface area contributed by atoms with Gasteiger partial charge in [-0.1, -0.05) is 0 Å². The number of amides is 1. The van der Waals surface area contributed by atoms with Crippen LogP contribution < -0.4 is 11.1 Å². The Kier molecular flexibility index (Phi) is 4.16. The van der Waals surface area contributed by atoms with E-state index in [1.54, 1.807) is 0 Å². The second-order valence-electron chi connectivity index (χ2n) is 7.52. The number of hydrogen-bond donors (Lipinski definition) is 2. The first-order valence-corrected chi connectivity index (χ1v) is 8.39. The molecule has 3 unspecified atom stereocenters. The molecule has 23 heavy (non-hydrogen) atoms. The summed E-state index contributed by atoms with van der Waals surface area (Å²) in [6.45, 7) is 0.765. The van der Waals surface area contributed by atoms with Gasteiger partial charge in [0.15, 0.2) is 5.60 Å². The van der Waals surface area contributed by atoms with Crippen LogP contribution in [0, 0.1) is 17.8 Å². The molecule has 7 heteroatoms. The highest BCUT2D eigenvalue weighted by atomic mass is 19.4. The fourth-order valence-electron chi connectivity index (χ4n) is 4.85. The molecule has 3 rings (SSSR count). The second-order valence-corrected chi connectivity index (χ2v) is 7.52. The van der Waals surface area contributed by atoms with Gasteiger partial charge in [-0.15, -0.1) is 0 Å². The van der Waals surface area contributed by atoms with E-state index < -0.39 is 11.8 Å². The fraction of sp³-hybridized carbons (Fsp3) is 0.938. The lowest BCUT2D eigenvalue weighted by atomic mass is 9.74. The number of nitrogens with one attached hydrogen (secondary N) is 1. The molecule has 1 amide bonds. The molecular weight excluding hydrogens is 309 g/mol. The van der Waals surface area contributed by atoms with Gasteiger partial charge in [-0.05, 0) is 63.3 Å². The number of carbonyl (C=O) groups excluding carboxylic acids is 1. The summed E-state index contributed by atoms with van der Waals surface area (Å²) in [4.78, 5) is 11.4. The summed E-state index contributed by atoms with van der Waals surface area (Å²) in [5, 5.41) is 3.51. The summed E-state index contributed by atoms with van der Waals surface area (Å²) in [7, 11) is 1.16. The second kappa shape index (κ2) is 5.62. The van der Waals surface area contributed by atoms with E-state index in [1.807, 2.05) is 0 Å². The monoisotopic (exact) mass is 334 g/mol. The van der Waals surface area contributed by atoms with Gasteiger partial charge in [0, 0.05) is 18.6 Å². The summed E-state index contributed by atoms with van der Waals surface area (Å²) in [5.41, 5.74) is 3.40. The molecule has 2 aliphatic carbocycles. The number of piperidine rings is 1. The molecule has 0 radical (unpaired) electrons. The summed E-state index contributed by atoms with van der Waals surface area (Å²) >= 11 is 0. The van der Waals surface area contributed by atoms with Gasteiger partial charge in [0.25, 0.3) is 0 Å². The van der Waals surface area contributed by atoms with E-state index in [9.17, 15) is 18.0 Å². The summed E-state index contributed by atoms with van der Waals surface area (Å²) < 4.78 is 44.6. The maximum absolute atomic E-state index is 13.2. The van der Waals surface area contributed by atoms with Crippen molar-refractivity contribution in [1.29, 1.82) is 0 Å². The van der Waals surface area contributed by atoms with E-state index in [4.69, 9.17) is 10.5 Å². The summed E-state index contributed by atoms with van der Waals surface area (Å²) in [6, 6.07) is 0. The van der Waals surface area contributed by atoms with Crippen LogP contribution in [0.5, 0.6) is 0 Å². The van der Waals surface area contributed by atoms with Crippen LogP contribution in [0.3, 0.4) is 0 Å². The number of rotatable bonds is 3. The predicted octanol–water partition coefficient (Wildman–Crippen LogP) is 2.37. The minimum absolute atomic E-state index is 0.0312. The molecule has 0 aromatic rings. The van der Waals surface area contributed by atoms with Gasteiger partial charge >= 0.3 is 6.18 Å². The molecule has 2 saturated carbocycles. The van der Waals surface area contributed by atoms with Gasteiger partial charge in [0.2, 0.25) is 5.91 Å². The maximum atomic E-state index is 13.2. The Hall–Kier alpha value is -0.820. The molecule has 0 aromatic heterocycles. The van der Waals surface area contributed by atoms with Gasteiger partial charge < -0.3 is 15.8 Å². The van der Waals surface area contributed by atoms with Crippen LogP contribution >= 0.6 is 0 Å². The first-order chi connectivity index (χ1) is 10.7. The third-order valence-electron chi connectivity index (χ3n) is 6.43. The topological polar surface area (TPSA) is 64.3 Å². The van der Waals surface area contributed by atoms with Gasteiger partial charge in [0.05, 0.1) is 0 Å².